The fraction of sp³-hybridized carbons (Fsp3) is 0.400. The van der Waals surface area contributed by atoms with Gasteiger partial charge in [-0.15, -0.1) is 0 Å². The van der Waals surface area contributed by atoms with E-state index in [1.54, 1.807) is 0 Å². The third kappa shape index (κ3) is 1.43. The predicted octanol–water partition coefficient (Wildman–Crippen LogP) is 2.93. The number of hydrogen-bond donors (Lipinski definition) is 0. The summed E-state index contributed by atoms with van der Waals surface area (Å²) >= 11 is 0. The summed E-state index contributed by atoms with van der Waals surface area (Å²) in [6.07, 6.45) is 5.02. The Bertz CT molecular complexity index is 585. The van der Waals surface area contributed by atoms with Gasteiger partial charge in [0.05, 0.1) is 11.2 Å². The summed E-state index contributed by atoms with van der Waals surface area (Å²) in [7, 11) is 0. The molecular weight excluding hydrogens is 208 g/mol. The third-order valence-corrected chi connectivity index (χ3v) is 3.90. The summed E-state index contributed by atoms with van der Waals surface area (Å²) in [6, 6.07) is 8.60. The third-order valence-electron chi connectivity index (χ3n) is 3.90. The van der Waals surface area contributed by atoms with E-state index in [1.165, 1.54) is 66.6 Å². The molecule has 0 saturated carbocycles. The maximum atomic E-state index is 4.86. The second-order valence-corrected chi connectivity index (χ2v) is 5.10. The lowest BCUT2D eigenvalue weighted by Gasteiger charge is -2.21. The van der Waals surface area contributed by atoms with E-state index in [-0.39, 0.29) is 0 Å². The molecule has 0 N–H and O–H groups in total. The zero-order valence-electron chi connectivity index (χ0n) is 9.95. The van der Waals surface area contributed by atoms with Crippen molar-refractivity contribution < 1.29 is 0 Å². The molecule has 1 aliphatic carbocycles. The minimum atomic E-state index is 1.17. The molecule has 2 aliphatic rings. The van der Waals surface area contributed by atoms with Crippen LogP contribution in [0.1, 0.15) is 24.1 Å². The van der Waals surface area contributed by atoms with Crippen molar-refractivity contribution in [1.82, 2.24) is 4.98 Å². The van der Waals surface area contributed by atoms with Gasteiger partial charge in [-0.25, -0.2) is 0 Å². The van der Waals surface area contributed by atoms with Crippen LogP contribution in [0.2, 0.25) is 0 Å². The van der Waals surface area contributed by atoms with E-state index in [9.17, 15) is 0 Å². The molecule has 2 nitrogen and oxygen atoms in total. The van der Waals surface area contributed by atoms with Gasteiger partial charge in [-0.1, -0.05) is 18.2 Å². The van der Waals surface area contributed by atoms with E-state index < -0.39 is 0 Å². The molecule has 1 fully saturated rings. The highest BCUT2D eigenvalue weighted by atomic mass is 15.3. The zero-order valence-corrected chi connectivity index (χ0v) is 9.95. The molecule has 1 saturated heterocycles. The summed E-state index contributed by atoms with van der Waals surface area (Å²) in [5.41, 5.74) is 5.56. The van der Waals surface area contributed by atoms with Crippen molar-refractivity contribution in [1.29, 1.82) is 0 Å². The fourth-order valence-corrected chi connectivity index (χ4v) is 2.98. The Hall–Kier alpha value is -1.57. The molecule has 0 spiro atoms. The van der Waals surface area contributed by atoms with Crippen LogP contribution in [0.15, 0.2) is 24.3 Å². The molecule has 86 valence electrons. The van der Waals surface area contributed by atoms with E-state index in [1.807, 2.05) is 0 Å². The normalized spacial score (nSPS) is 18.2. The summed E-state index contributed by atoms with van der Waals surface area (Å²) in [6.45, 7) is 2.45. The van der Waals surface area contributed by atoms with Gasteiger partial charge in [0, 0.05) is 24.2 Å². The van der Waals surface area contributed by atoms with E-state index in [2.05, 4.69) is 29.2 Å². The monoisotopic (exact) mass is 224 g/mol. The number of nitrogens with zero attached hydrogens (tertiary/aromatic N) is 2. The SMILES string of the molecule is c1ccc2c(N3CC3)c3c(nc2c1)CCCC3. The number of rotatable bonds is 1. The number of pyridine rings is 1. The van der Waals surface area contributed by atoms with Gasteiger partial charge in [-0.3, -0.25) is 4.98 Å². The van der Waals surface area contributed by atoms with Crippen LogP contribution in [0.25, 0.3) is 10.9 Å². The molecule has 0 atom stereocenters. The molecule has 1 aromatic heterocycles. The first-order chi connectivity index (χ1) is 8.43. The average molecular weight is 224 g/mol. The van der Waals surface area contributed by atoms with Crippen molar-refractivity contribution in [2.24, 2.45) is 0 Å². The summed E-state index contributed by atoms with van der Waals surface area (Å²) in [5, 5.41) is 1.35. The van der Waals surface area contributed by atoms with Crippen LogP contribution in [-0.4, -0.2) is 18.1 Å². The van der Waals surface area contributed by atoms with Gasteiger partial charge < -0.3 is 4.90 Å². The number of aryl methyl sites for hydroxylation is 1. The molecular formula is C15H16N2. The number of aromatic nitrogens is 1. The van der Waals surface area contributed by atoms with E-state index in [4.69, 9.17) is 4.98 Å². The van der Waals surface area contributed by atoms with E-state index >= 15 is 0 Å². The van der Waals surface area contributed by atoms with Crippen LogP contribution < -0.4 is 4.90 Å². The Labute approximate surface area is 101 Å². The minimum absolute atomic E-state index is 1.17. The number of anilines is 1. The van der Waals surface area contributed by atoms with Crippen molar-refractivity contribution in [2.45, 2.75) is 25.7 Å². The van der Waals surface area contributed by atoms with Gasteiger partial charge in [-0.05, 0) is 37.3 Å². The first kappa shape index (κ1) is 9.46. The molecule has 2 heterocycles. The van der Waals surface area contributed by atoms with Crippen LogP contribution >= 0.6 is 0 Å². The van der Waals surface area contributed by atoms with E-state index in [0.29, 0.717) is 0 Å². The standard InChI is InChI=1S/C15H16N2/c1-3-7-13-11(5-1)15(17-9-10-17)12-6-2-4-8-14(12)16-13/h1,3,5,7H,2,4,6,8-10H2. The lowest BCUT2D eigenvalue weighted by atomic mass is 9.92. The maximum Gasteiger partial charge on any atom is 0.0726 e. The highest BCUT2D eigenvalue weighted by Gasteiger charge is 2.26. The lowest BCUT2D eigenvalue weighted by Crippen LogP contribution is -2.10. The molecule has 0 radical (unpaired) electrons. The van der Waals surface area contributed by atoms with Crippen LogP contribution in [0.5, 0.6) is 0 Å². The minimum Gasteiger partial charge on any atom is -0.367 e. The molecule has 0 bridgehead atoms. The Kier molecular flexibility index (Phi) is 1.92. The number of fused-ring (bicyclic) bond motifs is 2. The topological polar surface area (TPSA) is 15.9 Å². The highest BCUT2D eigenvalue weighted by molar-refractivity contribution is 5.95. The molecule has 1 aromatic carbocycles. The largest absolute Gasteiger partial charge is 0.367 e. The van der Waals surface area contributed by atoms with Gasteiger partial charge in [-0.2, -0.15) is 0 Å². The number of para-hydroxylation sites is 1. The van der Waals surface area contributed by atoms with Gasteiger partial charge in [0.15, 0.2) is 0 Å². The van der Waals surface area contributed by atoms with Crippen molar-refractivity contribution in [3.05, 3.63) is 35.5 Å². The van der Waals surface area contributed by atoms with Crippen LogP contribution in [0, 0.1) is 0 Å². The second kappa shape index (κ2) is 3.46. The smallest absolute Gasteiger partial charge is 0.0726 e. The number of benzene rings is 1. The van der Waals surface area contributed by atoms with Crippen molar-refractivity contribution >= 4 is 16.6 Å². The molecule has 17 heavy (non-hydrogen) atoms. The molecule has 0 unspecified atom stereocenters. The average Bonchev–Trinajstić information content (AvgIpc) is 3.20. The Morgan fingerprint density at radius 2 is 1.82 bits per heavy atom. The van der Waals surface area contributed by atoms with Crippen molar-refractivity contribution in [3.63, 3.8) is 0 Å². The molecule has 4 rings (SSSR count). The zero-order chi connectivity index (χ0) is 11.2. The van der Waals surface area contributed by atoms with Gasteiger partial charge in [0.2, 0.25) is 0 Å². The molecule has 1 aliphatic heterocycles. The molecule has 0 amide bonds. The first-order valence-corrected chi connectivity index (χ1v) is 6.59. The van der Waals surface area contributed by atoms with Gasteiger partial charge >= 0.3 is 0 Å². The predicted molar refractivity (Wildman–Crippen MR) is 70.6 cm³/mol. The van der Waals surface area contributed by atoms with Gasteiger partial charge in [0.1, 0.15) is 0 Å². The first-order valence-electron chi connectivity index (χ1n) is 6.59. The lowest BCUT2D eigenvalue weighted by molar-refractivity contribution is 0.671. The number of hydrogen-bond acceptors (Lipinski definition) is 2. The van der Waals surface area contributed by atoms with Crippen LogP contribution in [-0.2, 0) is 12.8 Å². The Morgan fingerprint density at radius 1 is 1.00 bits per heavy atom. The summed E-state index contributed by atoms with van der Waals surface area (Å²) < 4.78 is 0. The van der Waals surface area contributed by atoms with E-state index in [0.717, 1.165) is 0 Å². The van der Waals surface area contributed by atoms with Crippen molar-refractivity contribution in [3.8, 4) is 0 Å². The Morgan fingerprint density at radius 3 is 2.71 bits per heavy atom. The van der Waals surface area contributed by atoms with Crippen molar-refractivity contribution in [2.75, 3.05) is 18.0 Å². The summed E-state index contributed by atoms with van der Waals surface area (Å²) in [5.74, 6) is 0. The van der Waals surface area contributed by atoms with Crippen LogP contribution in [0.3, 0.4) is 0 Å². The maximum absolute atomic E-state index is 4.86. The highest BCUT2D eigenvalue weighted by Crippen LogP contribution is 2.38. The van der Waals surface area contributed by atoms with Crippen LogP contribution in [0.4, 0.5) is 5.69 Å². The Balaban J connectivity index is 2.07. The summed E-state index contributed by atoms with van der Waals surface area (Å²) in [4.78, 5) is 7.35. The quantitative estimate of drug-likeness (QED) is 0.692. The fourth-order valence-electron chi connectivity index (χ4n) is 2.98. The van der Waals surface area contributed by atoms with Gasteiger partial charge in [0.25, 0.3) is 0 Å². The molecule has 2 heteroatoms. The second-order valence-electron chi connectivity index (χ2n) is 5.10. The molecule has 2 aromatic rings.